The fourth-order valence-corrected chi connectivity index (χ4v) is 1.42. The van der Waals surface area contributed by atoms with Crippen molar-refractivity contribution in [2.24, 2.45) is 0 Å². The molecule has 2 nitrogen and oxygen atoms in total. The van der Waals surface area contributed by atoms with Gasteiger partial charge in [-0.05, 0) is 24.3 Å². The summed E-state index contributed by atoms with van der Waals surface area (Å²) in [7, 11) is 0. The zero-order chi connectivity index (χ0) is 9.97. The van der Waals surface area contributed by atoms with Gasteiger partial charge < -0.3 is 0 Å². The van der Waals surface area contributed by atoms with E-state index in [4.69, 9.17) is 23.2 Å². The van der Waals surface area contributed by atoms with Gasteiger partial charge in [-0.3, -0.25) is 9.97 Å². The minimum absolute atomic E-state index is 0.585. The Morgan fingerprint density at radius 1 is 1.00 bits per heavy atom. The number of halogens is 2. The van der Waals surface area contributed by atoms with E-state index < -0.39 is 0 Å². The first kappa shape index (κ1) is 9.44. The second-order valence-corrected chi connectivity index (χ2v) is 3.54. The third-order valence-electron chi connectivity index (χ3n) is 1.73. The molecule has 0 unspecified atom stereocenters. The van der Waals surface area contributed by atoms with Gasteiger partial charge in [0.2, 0.25) is 0 Å². The van der Waals surface area contributed by atoms with E-state index in [1.54, 1.807) is 36.7 Å². The molecule has 0 aliphatic heterocycles. The van der Waals surface area contributed by atoms with Gasteiger partial charge in [-0.25, -0.2) is 0 Å². The molecule has 4 heteroatoms. The van der Waals surface area contributed by atoms with Gasteiger partial charge in [-0.1, -0.05) is 23.2 Å². The molecule has 0 amide bonds. The Labute approximate surface area is 91.5 Å². The van der Waals surface area contributed by atoms with Gasteiger partial charge in [0.15, 0.2) is 0 Å². The first-order chi connectivity index (χ1) is 6.77. The number of aromatic nitrogens is 2. The van der Waals surface area contributed by atoms with Crippen LogP contribution in [0.5, 0.6) is 0 Å². The van der Waals surface area contributed by atoms with Crippen LogP contribution >= 0.6 is 23.2 Å². The normalized spacial score (nSPS) is 10.1. The highest BCUT2D eigenvalue weighted by Crippen LogP contribution is 2.23. The van der Waals surface area contributed by atoms with Gasteiger partial charge in [0.25, 0.3) is 0 Å². The van der Waals surface area contributed by atoms with E-state index in [0.29, 0.717) is 15.7 Å². The maximum Gasteiger partial charge on any atom is 0.107 e. The van der Waals surface area contributed by atoms with E-state index in [-0.39, 0.29) is 0 Å². The lowest BCUT2D eigenvalue weighted by molar-refractivity contribution is 1.25. The molecule has 70 valence electrons. The number of nitrogens with zero attached hydrogens (tertiary/aromatic N) is 2. The number of hydrogen-bond donors (Lipinski definition) is 0. The van der Waals surface area contributed by atoms with Gasteiger partial charge in [-0.2, -0.15) is 0 Å². The summed E-state index contributed by atoms with van der Waals surface area (Å²) in [5.74, 6) is 0. The maximum atomic E-state index is 5.96. The highest BCUT2D eigenvalue weighted by atomic mass is 35.5. The summed E-state index contributed by atoms with van der Waals surface area (Å²) in [5, 5.41) is 1.18. The van der Waals surface area contributed by atoms with Gasteiger partial charge in [0, 0.05) is 12.4 Å². The molecule has 0 aliphatic carbocycles. The molecule has 2 aromatic heterocycles. The Morgan fingerprint density at radius 3 is 2.50 bits per heavy atom. The van der Waals surface area contributed by atoms with Crippen LogP contribution < -0.4 is 0 Å². The van der Waals surface area contributed by atoms with Crippen LogP contribution in [0.4, 0.5) is 0 Å². The fraction of sp³-hybridized carbons (Fsp3) is 0. The molecule has 14 heavy (non-hydrogen) atoms. The first-order valence-electron chi connectivity index (χ1n) is 4.00. The van der Waals surface area contributed by atoms with Crippen LogP contribution in [0.2, 0.25) is 10.0 Å². The summed E-state index contributed by atoms with van der Waals surface area (Å²) in [5.41, 5.74) is 1.39. The van der Waals surface area contributed by atoms with Crippen molar-refractivity contribution >= 4 is 23.2 Å². The molecule has 2 rings (SSSR count). The van der Waals surface area contributed by atoms with Crippen molar-refractivity contribution in [3.63, 3.8) is 0 Å². The van der Waals surface area contributed by atoms with Crippen molar-refractivity contribution in [1.29, 1.82) is 0 Å². The summed E-state index contributed by atoms with van der Waals surface area (Å²) in [6.45, 7) is 0. The fourth-order valence-electron chi connectivity index (χ4n) is 1.09. The van der Waals surface area contributed by atoms with Crippen LogP contribution in [0.15, 0.2) is 36.7 Å². The van der Waals surface area contributed by atoms with Gasteiger partial charge in [-0.15, -0.1) is 0 Å². The summed E-state index contributed by atoms with van der Waals surface area (Å²) < 4.78 is 0. The molecular weight excluding hydrogens is 219 g/mol. The van der Waals surface area contributed by atoms with Crippen molar-refractivity contribution in [2.45, 2.75) is 0 Å². The Bertz CT molecular complexity index is 440. The van der Waals surface area contributed by atoms with Crippen molar-refractivity contribution in [1.82, 2.24) is 9.97 Å². The van der Waals surface area contributed by atoms with Crippen molar-refractivity contribution < 1.29 is 0 Å². The molecule has 0 saturated carbocycles. The Hall–Kier alpha value is -1.12. The van der Waals surface area contributed by atoms with Crippen LogP contribution in [0, 0.1) is 0 Å². The van der Waals surface area contributed by atoms with Gasteiger partial charge >= 0.3 is 0 Å². The largest absolute Gasteiger partial charge is 0.253 e. The summed E-state index contributed by atoms with van der Waals surface area (Å²) in [6.07, 6.45) is 3.25. The molecule has 2 aromatic rings. The predicted molar refractivity (Wildman–Crippen MR) is 57.5 cm³/mol. The molecule has 0 N–H and O–H groups in total. The average Bonchev–Trinajstić information content (AvgIpc) is 2.20. The molecule has 0 spiro atoms. The van der Waals surface area contributed by atoms with Crippen LogP contribution in [0.1, 0.15) is 0 Å². The van der Waals surface area contributed by atoms with Crippen LogP contribution in [-0.4, -0.2) is 9.97 Å². The van der Waals surface area contributed by atoms with Crippen LogP contribution in [-0.2, 0) is 0 Å². The summed E-state index contributed by atoms with van der Waals surface area (Å²) in [4.78, 5) is 8.27. The lowest BCUT2D eigenvalue weighted by atomic mass is 10.2. The monoisotopic (exact) mass is 224 g/mol. The molecule has 2 heterocycles. The minimum Gasteiger partial charge on any atom is -0.253 e. The highest BCUT2D eigenvalue weighted by molar-refractivity contribution is 6.33. The average molecular weight is 225 g/mol. The molecule has 0 radical (unpaired) electrons. The summed E-state index contributed by atoms with van der Waals surface area (Å²) >= 11 is 11.7. The lowest BCUT2D eigenvalue weighted by Gasteiger charge is -2.01. The second kappa shape index (κ2) is 3.95. The van der Waals surface area contributed by atoms with Crippen molar-refractivity contribution in [3.05, 3.63) is 46.7 Å². The van der Waals surface area contributed by atoms with Crippen molar-refractivity contribution in [2.75, 3.05) is 0 Å². The zero-order valence-electron chi connectivity index (χ0n) is 7.11. The number of rotatable bonds is 1. The molecule has 0 aromatic carbocycles. The van der Waals surface area contributed by atoms with E-state index in [1.807, 2.05) is 0 Å². The smallest absolute Gasteiger partial charge is 0.107 e. The van der Waals surface area contributed by atoms with E-state index in [2.05, 4.69) is 9.97 Å². The molecule has 0 atom stereocenters. The molecular formula is C10H6Cl2N2. The number of hydrogen-bond acceptors (Lipinski definition) is 2. The van der Waals surface area contributed by atoms with E-state index in [0.717, 1.165) is 5.69 Å². The Morgan fingerprint density at radius 2 is 1.86 bits per heavy atom. The zero-order valence-corrected chi connectivity index (χ0v) is 8.63. The standard InChI is InChI=1S/C10H6Cl2N2/c11-7-3-4-9(14-6-7)10-8(12)2-1-5-13-10/h1-6H. The third-order valence-corrected chi connectivity index (χ3v) is 2.26. The van der Waals surface area contributed by atoms with Crippen LogP contribution in [0.25, 0.3) is 11.4 Å². The lowest BCUT2D eigenvalue weighted by Crippen LogP contribution is -1.87. The van der Waals surface area contributed by atoms with Crippen molar-refractivity contribution in [3.8, 4) is 11.4 Å². The molecule has 0 saturated heterocycles. The molecule has 0 fully saturated rings. The third kappa shape index (κ3) is 1.86. The quantitative estimate of drug-likeness (QED) is 0.742. The SMILES string of the molecule is Clc1ccc(-c2ncccc2Cl)nc1. The first-order valence-corrected chi connectivity index (χ1v) is 4.75. The molecule has 0 aliphatic rings. The maximum absolute atomic E-state index is 5.96. The topological polar surface area (TPSA) is 25.8 Å². The van der Waals surface area contributed by atoms with E-state index >= 15 is 0 Å². The minimum atomic E-state index is 0.585. The van der Waals surface area contributed by atoms with E-state index in [9.17, 15) is 0 Å². The number of pyridine rings is 2. The predicted octanol–water partition coefficient (Wildman–Crippen LogP) is 3.45. The molecule has 0 bridgehead atoms. The van der Waals surface area contributed by atoms with E-state index in [1.165, 1.54) is 0 Å². The highest BCUT2D eigenvalue weighted by Gasteiger charge is 2.04. The van der Waals surface area contributed by atoms with Gasteiger partial charge in [0.1, 0.15) is 5.69 Å². The Balaban J connectivity index is 2.50. The van der Waals surface area contributed by atoms with Gasteiger partial charge in [0.05, 0.1) is 15.7 Å². The summed E-state index contributed by atoms with van der Waals surface area (Å²) in [6, 6.07) is 7.10. The Kier molecular flexibility index (Phi) is 2.66. The second-order valence-electron chi connectivity index (χ2n) is 2.70. The van der Waals surface area contributed by atoms with Crippen LogP contribution in [0.3, 0.4) is 0 Å².